The Morgan fingerprint density at radius 1 is 1.24 bits per heavy atom. The van der Waals surface area contributed by atoms with E-state index < -0.39 is 0 Å². The van der Waals surface area contributed by atoms with Gasteiger partial charge in [0.1, 0.15) is 6.33 Å². The average Bonchev–Trinajstić information content (AvgIpc) is 3.22. The van der Waals surface area contributed by atoms with Crippen molar-refractivity contribution in [3.8, 4) is 5.88 Å². The van der Waals surface area contributed by atoms with Gasteiger partial charge in [-0.2, -0.15) is 9.61 Å². The molecule has 1 atom stereocenters. The monoisotopic (exact) mass is 320 g/mol. The van der Waals surface area contributed by atoms with Crippen LogP contribution in [0.1, 0.15) is 35.1 Å². The Hall–Kier alpha value is -1.44. The van der Waals surface area contributed by atoms with Crippen molar-refractivity contribution in [2.45, 2.75) is 25.3 Å². The number of aromatic nitrogens is 3. The molecule has 0 saturated carbocycles. The summed E-state index contributed by atoms with van der Waals surface area (Å²) in [6, 6.07) is 4.35. The van der Waals surface area contributed by atoms with Gasteiger partial charge in [0, 0.05) is 4.88 Å². The van der Waals surface area contributed by atoms with Gasteiger partial charge in [-0.15, -0.1) is 11.3 Å². The molecule has 21 heavy (non-hydrogen) atoms. The van der Waals surface area contributed by atoms with Crippen LogP contribution in [0, 0.1) is 0 Å². The van der Waals surface area contributed by atoms with Crippen LogP contribution in [0.5, 0.6) is 5.88 Å². The van der Waals surface area contributed by atoms with Gasteiger partial charge in [0.05, 0.1) is 10.9 Å². The van der Waals surface area contributed by atoms with E-state index in [2.05, 4.69) is 32.5 Å². The number of hydrogen-bond acceptors (Lipinski definition) is 6. The lowest BCUT2D eigenvalue weighted by molar-refractivity contribution is 0.188. The third kappa shape index (κ3) is 2.25. The van der Waals surface area contributed by atoms with Crippen molar-refractivity contribution in [2.75, 3.05) is 13.1 Å². The van der Waals surface area contributed by atoms with E-state index in [0.717, 1.165) is 22.9 Å². The number of aromatic hydroxyl groups is 1. The predicted octanol–water partition coefficient (Wildman–Crippen LogP) is 3.13. The highest BCUT2D eigenvalue weighted by molar-refractivity contribution is 7.17. The van der Waals surface area contributed by atoms with Crippen molar-refractivity contribution in [3.05, 3.63) is 33.6 Å². The molecule has 0 amide bonds. The van der Waals surface area contributed by atoms with Gasteiger partial charge in [-0.3, -0.25) is 4.90 Å². The summed E-state index contributed by atoms with van der Waals surface area (Å²) < 4.78 is 1.53. The number of thiophene rings is 1. The van der Waals surface area contributed by atoms with Gasteiger partial charge in [0.25, 0.3) is 0 Å². The lowest BCUT2D eigenvalue weighted by Gasteiger charge is -2.33. The van der Waals surface area contributed by atoms with E-state index in [1.165, 1.54) is 46.3 Å². The molecule has 3 aromatic heterocycles. The Labute approximate surface area is 130 Å². The highest BCUT2D eigenvalue weighted by Crippen LogP contribution is 2.41. The lowest BCUT2D eigenvalue weighted by Crippen LogP contribution is -2.33. The fraction of sp³-hybridized carbons (Fsp3) is 0.429. The number of likely N-dealkylation sites (tertiary alicyclic amines) is 1. The van der Waals surface area contributed by atoms with Gasteiger partial charge >= 0.3 is 0 Å². The molecule has 3 aromatic rings. The van der Waals surface area contributed by atoms with E-state index in [9.17, 15) is 5.11 Å². The molecule has 5 nitrogen and oxygen atoms in total. The first-order valence-corrected chi connectivity index (χ1v) is 8.83. The number of rotatable bonds is 3. The van der Waals surface area contributed by atoms with E-state index in [0.29, 0.717) is 0 Å². The highest BCUT2D eigenvalue weighted by atomic mass is 32.1. The van der Waals surface area contributed by atoms with Gasteiger partial charge in [0.2, 0.25) is 10.8 Å². The topological polar surface area (TPSA) is 53.7 Å². The smallest absolute Gasteiger partial charge is 0.230 e. The van der Waals surface area contributed by atoms with Crippen molar-refractivity contribution < 1.29 is 5.11 Å². The van der Waals surface area contributed by atoms with E-state index in [1.54, 1.807) is 11.3 Å². The number of piperidine rings is 1. The zero-order valence-electron chi connectivity index (χ0n) is 11.5. The van der Waals surface area contributed by atoms with E-state index in [-0.39, 0.29) is 11.9 Å². The summed E-state index contributed by atoms with van der Waals surface area (Å²) in [7, 11) is 0. The fourth-order valence-electron chi connectivity index (χ4n) is 2.97. The molecule has 4 heterocycles. The van der Waals surface area contributed by atoms with Crippen molar-refractivity contribution >= 4 is 27.6 Å². The summed E-state index contributed by atoms with van der Waals surface area (Å²) >= 11 is 3.28. The summed E-state index contributed by atoms with van der Waals surface area (Å²) in [6.07, 6.45) is 5.23. The summed E-state index contributed by atoms with van der Waals surface area (Å²) in [5.41, 5.74) is 0. The molecule has 1 unspecified atom stereocenters. The Morgan fingerprint density at radius 3 is 2.81 bits per heavy atom. The van der Waals surface area contributed by atoms with Crippen molar-refractivity contribution in [3.63, 3.8) is 0 Å². The standard InChI is InChI=1S/C14H16N4OS2/c19-13-12(21-14-15-9-16-18(13)14)11(10-5-4-8-20-10)17-6-2-1-3-7-17/h4-5,8-9,11,19H,1-3,6-7H2. The van der Waals surface area contributed by atoms with Crippen LogP contribution in [-0.4, -0.2) is 37.7 Å². The van der Waals surface area contributed by atoms with Crippen molar-refractivity contribution in [2.24, 2.45) is 0 Å². The first-order chi connectivity index (χ1) is 10.3. The lowest BCUT2D eigenvalue weighted by atomic mass is 10.1. The summed E-state index contributed by atoms with van der Waals surface area (Å²) in [5.74, 6) is 0.233. The number of hydrogen-bond donors (Lipinski definition) is 1. The maximum absolute atomic E-state index is 10.5. The van der Waals surface area contributed by atoms with Crippen LogP contribution in [0.15, 0.2) is 23.8 Å². The van der Waals surface area contributed by atoms with Crippen LogP contribution in [0.3, 0.4) is 0 Å². The molecule has 7 heteroatoms. The molecule has 1 aliphatic rings. The molecule has 110 valence electrons. The van der Waals surface area contributed by atoms with Crippen LogP contribution in [-0.2, 0) is 0 Å². The molecule has 0 spiro atoms. The molecule has 0 aliphatic carbocycles. The Bertz CT molecular complexity index is 727. The molecular weight excluding hydrogens is 304 g/mol. The molecule has 0 bridgehead atoms. The fourth-order valence-corrected chi connectivity index (χ4v) is 4.99. The maximum Gasteiger partial charge on any atom is 0.230 e. The van der Waals surface area contributed by atoms with Gasteiger partial charge < -0.3 is 5.11 Å². The van der Waals surface area contributed by atoms with E-state index >= 15 is 0 Å². The summed E-state index contributed by atoms with van der Waals surface area (Å²) in [6.45, 7) is 2.16. The largest absolute Gasteiger partial charge is 0.492 e. The van der Waals surface area contributed by atoms with Crippen LogP contribution in [0.4, 0.5) is 0 Å². The minimum absolute atomic E-state index is 0.124. The maximum atomic E-state index is 10.5. The Kier molecular flexibility index (Phi) is 3.40. The zero-order chi connectivity index (χ0) is 14.2. The SMILES string of the molecule is Oc1c(C(c2cccs2)N2CCCCC2)sc2ncnn12. The van der Waals surface area contributed by atoms with E-state index in [1.807, 2.05) is 0 Å². The second-order valence-corrected chi connectivity index (χ2v) is 7.25. The molecule has 1 fully saturated rings. The highest BCUT2D eigenvalue weighted by Gasteiger charge is 2.30. The molecule has 1 saturated heterocycles. The Morgan fingerprint density at radius 2 is 2.10 bits per heavy atom. The molecule has 4 rings (SSSR count). The van der Waals surface area contributed by atoms with Crippen molar-refractivity contribution in [1.29, 1.82) is 0 Å². The van der Waals surface area contributed by atoms with Crippen LogP contribution >= 0.6 is 22.7 Å². The first kappa shape index (κ1) is 13.2. The third-order valence-corrected chi connectivity index (χ3v) is 5.97. The second-order valence-electron chi connectivity index (χ2n) is 5.26. The minimum Gasteiger partial charge on any atom is -0.492 e. The normalized spacial score (nSPS) is 18.3. The Balaban J connectivity index is 1.81. The van der Waals surface area contributed by atoms with Crippen LogP contribution < -0.4 is 0 Å². The molecular formula is C14H16N4OS2. The molecule has 1 N–H and O–H groups in total. The van der Waals surface area contributed by atoms with Gasteiger partial charge in [-0.05, 0) is 37.4 Å². The van der Waals surface area contributed by atoms with Crippen molar-refractivity contribution in [1.82, 2.24) is 19.5 Å². The van der Waals surface area contributed by atoms with E-state index in [4.69, 9.17) is 0 Å². The zero-order valence-corrected chi connectivity index (χ0v) is 13.1. The quantitative estimate of drug-likeness (QED) is 0.805. The number of fused-ring (bicyclic) bond motifs is 1. The summed E-state index contributed by atoms with van der Waals surface area (Å²) in [5, 5.41) is 16.7. The molecule has 0 aromatic carbocycles. The summed E-state index contributed by atoms with van der Waals surface area (Å²) in [4.78, 5) is 9.66. The average molecular weight is 320 g/mol. The van der Waals surface area contributed by atoms with Gasteiger partial charge in [0.15, 0.2) is 0 Å². The van der Waals surface area contributed by atoms with Gasteiger partial charge in [-0.25, -0.2) is 4.98 Å². The second kappa shape index (κ2) is 5.40. The minimum atomic E-state index is 0.124. The molecule has 1 aliphatic heterocycles. The predicted molar refractivity (Wildman–Crippen MR) is 84.1 cm³/mol. The van der Waals surface area contributed by atoms with Gasteiger partial charge in [-0.1, -0.05) is 23.8 Å². The van der Waals surface area contributed by atoms with Crippen LogP contribution in [0.25, 0.3) is 4.96 Å². The van der Waals surface area contributed by atoms with Crippen LogP contribution in [0.2, 0.25) is 0 Å². The third-order valence-electron chi connectivity index (χ3n) is 3.96. The number of nitrogens with zero attached hydrogens (tertiary/aromatic N) is 4. The number of thiazole rings is 1. The first-order valence-electron chi connectivity index (χ1n) is 7.13. The molecule has 0 radical (unpaired) electrons.